The SMILES string of the molecule is CC1(C)Oc2ncnc(N)c2N=C1c1ccc(C(C)(C)C)cc1.CCNC. The molecule has 0 saturated carbocycles. The summed E-state index contributed by atoms with van der Waals surface area (Å²) in [5, 5.41) is 2.93. The number of benzene rings is 1. The number of nitrogens with two attached hydrogens (primary N) is 1. The van der Waals surface area contributed by atoms with Crippen LogP contribution in [0.2, 0.25) is 0 Å². The molecule has 146 valence electrons. The lowest BCUT2D eigenvalue weighted by Gasteiger charge is -2.32. The number of aliphatic imine (C=N–C) groups is 1. The summed E-state index contributed by atoms with van der Waals surface area (Å²) in [6.07, 6.45) is 1.39. The Morgan fingerprint density at radius 3 is 2.22 bits per heavy atom. The molecular formula is C21H31N5O. The molecule has 0 radical (unpaired) electrons. The highest BCUT2D eigenvalue weighted by atomic mass is 16.5. The summed E-state index contributed by atoms with van der Waals surface area (Å²) in [4.78, 5) is 12.8. The first-order valence-corrected chi connectivity index (χ1v) is 9.24. The average molecular weight is 370 g/mol. The van der Waals surface area contributed by atoms with Gasteiger partial charge in [-0.05, 0) is 38.4 Å². The molecule has 6 nitrogen and oxygen atoms in total. The number of anilines is 1. The van der Waals surface area contributed by atoms with Gasteiger partial charge in [0.05, 0.1) is 5.71 Å². The Balaban J connectivity index is 0.000000596. The minimum atomic E-state index is -0.586. The van der Waals surface area contributed by atoms with E-state index in [1.54, 1.807) is 0 Å². The fourth-order valence-corrected chi connectivity index (χ4v) is 2.63. The van der Waals surface area contributed by atoms with Crippen LogP contribution in [0, 0.1) is 0 Å². The summed E-state index contributed by atoms with van der Waals surface area (Å²) in [6.45, 7) is 13.7. The number of nitrogens with zero attached hydrogens (tertiary/aromatic N) is 3. The number of ether oxygens (including phenoxy) is 1. The van der Waals surface area contributed by atoms with Gasteiger partial charge in [0.1, 0.15) is 11.9 Å². The summed E-state index contributed by atoms with van der Waals surface area (Å²) in [5.74, 6) is 0.756. The van der Waals surface area contributed by atoms with Crippen molar-refractivity contribution in [1.29, 1.82) is 0 Å². The van der Waals surface area contributed by atoms with E-state index in [1.165, 1.54) is 11.9 Å². The van der Waals surface area contributed by atoms with Crippen molar-refractivity contribution in [3.8, 4) is 5.88 Å². The van der Waals surface area contributed by atoms with E-state index in [0.29, 0.717) is 17.4 Å². The van der Waals surface area contributed by atoms with Crippen LogP contribution in [0.1, 0.15) is 52.7 Å². The first-order valence-electron chi connectivity index (χ1n) is 9.24. The molecule has 0 unspecified atom stereocenters. The van der Waals surface area contributed by atoms with Gasteiger partial charge in [0.2, 0.25) is 5.88 Å². The van der Waals surface area contributed by atoms with Crippen LogP contribution < -0.4 is 15.8 Å². The van der Waals surface area contributed by atoms with E-state index in [4.69, 9.17) is 15.5 Å². The number of hydrogen-bond donors (Lipinski definition) is 2. The maximum Gasteiger partial charge on any atom is 0.246 e. The van der Waals surface area contributed by atoms with Gasteiger partial charge in [-0.3, -0.25) is 0 Å². The van der Waals surface area contributed by atoms with Crippen molar-refractivity contribution in [1.82, 2.24) is 15.3 Å². The Morgan fingerprint density at radius 2 is 1.70 bits per heavy atom. The zero-order valence-electron chi connectivity index (χ0n) is 17.4. The van der Waals surface area contributed by atoms with E-state index >= 15 is 0 Å². The average Bonchev–Trinajstić information content (AvgIpc) is 2.60. The third-order valence-electron chi connectivity index (χ3n) is 4.34. The van der Waals surface area contributed by atoms with Gasteiger partial charge in [-0.15, -0.1) is 0 Å². The third kappa shape index (κ3) is 4.83. The lowest BCUT2D eigenvalue weighted by molar-refractivity contribution is 0.171. The van der Waals surface area contributed by atoms with Crippen LogP contribution in [0.15, 0.2) is 35.6 Å². The molecule has 2 aromatic rings. The van der Waals surface area contributed by atoms with Gasteiger partial charge in [0.15, 0.2) is 11.5 Å². The fraction of sp³-hybridized carbons (Fsp3) is 0.476. The Hall–Kier alpha value is -2.47. The van der Waals surface area contributed by atoms with Gasteiger partial charge in [0, 0.05) is 5.56 Å². The van der Waals surface area contributed by atoms with Crippen LogP contribution >= 0.6 is 0 Å². The summed E-state index contributed by atoms with van der Waals surface area (Å²) >= 11 is 0. The lowest BCUT2D eigenvalue weighted by Crippen LogP contribution is -2.41. The Bertz CT molecular complexity index is 802. The highest BCUT2D eigenvalue weighted by molar-refractivity contribution is 6.09. The van der Waals surface area contributed by atoms with Gasteiger partial charge >= 0.3 is 0 Å². The smallest absolute Gasteiger partial charge is 0.246 e. The molecule has 0 fully saturated rings. The molecule has 0 atom stereocenters. The summed E-state index contributed by atoms with van der Waals surface area (Å²) in [5.41, 5.74) is 9.06. The normalized spacial score (nSPS) is 15.0. The van der Waals surface area contributed by atoms with Crippen molar-refractivity contribution in [2.24, 2.45) is 4.99 Å². The van der Waals surface area contributed by atoms with Crippen molar-refractivity contribution in [3.05, 3.63) is 41.7 Å². The molecular weight excluding hydrogens is 338 g/mol. The van der Waals surface area contributed by atoms with Gasteiger partial charge < -0.3 is 15.8 Å². The zero-order valence-corrected chi connectivity index (χ0v) is 17.4. The van der Waals surface area contributed by atoms with Crippen LogP contribution in [0.25, 0.3) is 0 Å². The molecule has 0 aliphatic carbocycles. The van der Waals surface area contributed by atoms with Crippen molar-refractivity contribution < 1.29 is 4.74 Å². The fourth-order valence-electron chi connectivity index (χ4n) is 2.63. The minimum absolute atomic E-state index is 0.115. The van der Waals surface area contributed by atoms with Gasteiger partial charge in [-0.2, -0.15) is 4.98 Å². The highest BCUT2D eigenvalue weighted by Gasteiger charge is 2.35. The second-order valence-electron chi connectivity index (χ2n) is 8.02. The maximum atomic E-state index is 6.00. The second-order valence-corrected chi connectivity index (χ2v) is 8.02. The largest absolute Gasteiger partial charge is 0.463 e. The number of aromatic nitrogens is 2. The molecule has 2 heterocycles. The van der Waals surface area contributed by atoms with Crippen molar-refractivity contribution in [2.45, 2.75) is 52.6 Å². The predicted molar refractivity (Wildman–Crippen MR) is 112 cm³/mol. The van der Waals surface area contributed by atoms with Gasteiger partial charge in [0.25, 0.3) is 0 Å². The van der Waals surface area contributed by atoms with Crippen LogP contribution in [0.5, 0.6) is 5.88 Å². The van der Waals surface area contributed by atoms with Crippen LogP contribution in [0.3, 0.4) is 0 Å². The monoisotopic (exact) mass is 369 g/mol. The maximum absolute atomic E-state index is 6.00. The van der Waals surface area contributed by atoms with Crippen molar-refractivity contribution in [2.75, 3.05) is 19.3 Å². The number of fused-ring (bicyclic) bond motifs is 1. The second kappa shape index (κ2) is 8.05. The molecule has 3 N–H and O–H groups in total. The molecule has 1 aromatic heterocycles. The Morgan fingerprint density at radius 1 is 1.11 bits per heavy atom. The zero-order chi connectivity index (χ0) is 20.2. The molecule has 0 spiro atoms. The van der Waals surface area contributed by atoms with Crippen molar-refractivity contribution >= 4 is 17.2 Å². The molecule has 27 heavy (non-hydrogen) atoms. The molecule has 3 rings (SSSR count). The van der Waals surface area contributed by atoms with Crippen LogP contribution in [-0.4, -0.2) is 34.9 Å². The Kier molecular flexibility index (Phi) is 6.21. The molecule has 1 aromatic carbocycles. The van der Waals surface area contributed by atoms with Gasteiger partial charge in [-0.25, -0.2) is 9.98 Å². The summed E-state index contributed by atoms with van der Waals surface area (Å²) < 4.78 is 6.00. The van der Waals surface area contributed by atoms with E-state index in [2.05, 4.69) is 67.2 Å². The van der Waals surface area contributed by atoms with Gasteiger partial charge in [-0.1, -0.05) is 52.0 Å². The first-order chi connectivity index (χ1) is 12.6. The topological polar surface area (TPSA) is 85.4 Å². The number of nitrogen functional groups attached to an aromatic ring is 1. The van der Waals surface area contributed by atoms with E-state index < -0.39 is 5.60 Å². The Labute approximate surface area is 162 Å². The molecule has 6 heteroatoms. The van der Waals surface area contributed by atoms with Crippen molar-refractivity contribution in [3.63, 3.8) is 0 Å². The number of nitrogens with one attached hydrogen (secondary N) is 1. The van der Waals surface area contributed by atoms with E-state index in [0.717, 1.165) is 17.8 Å². The molecule has 0 amide bonds. The molecule has 0 saturated heterocycles. The van der Waals surface area contributed by atoms with E-state index in [1.807, 2.05) is 20.9 Å². The standard InChI is InChI=1S/C18H22N4O.C3H9N/c1-17(2,3)12-8-6-11(7-9-12)14-18(4,5)23-16-13(22-14)15(19)20-10-21-16;1-3-4-2/h6-10H,1-5H3,(H2,19,20,21);4H,3H2,1-2H3. The molecule has 0 bridgehead atoms. The highest BCUT2D eigenvalue weighted by Crippen LogP contribution is 2.39. The molecule has 1 aliphatic rings. The number of rotatable bonds is 2. The predicted octanol–water partition coefficient (Wildman–Crippen LogP) is 3.87. The summed E-state index contributed by atoms with van der Waals surface area (Å²) in [6, 6.07) is 8.42. The van der Waals surface area contributed by atoms with E-state index in [9.17, 15) is 0 Å². The quantitative estimate of drug-likeness (QED) is 0.839. The summed E-state index contributed by atoms with van der Waals surface area (Å²) in [7, 11) is 1.93. The van der Waals surface area contributed by atoms with Crippen LogP contribution in [0.4, 0.5) is 11.5 Å². The minimum Gasteiger partial charge on any atom is -0.463 e. The third-order valence-corrected chi connectivity index (χ3v) is 4.34. The number of hydrogen-bond acceptors (Lipinski definition) is 6. The first kappa shape index (κ1) is 20.8. The van der Waals surface area contributed by atoms with Crippen LogP contribution in [-0.2, 0) is 5.41 Å². The molecule has 1 aliphatic heterocycles. The lowest BCUT2D eigenvalue weighted by atomic mass is 9.85. The van der Waals surface area contributed by atoms with E-state index in [-0.39, 0.29) is 5.41 Å².